The van der Waals surface area contributed by atoms with Crippen molar-refractivity contribution in [2.45, 2.75) is 38.5 Å². The molecule has 0 saturated heterocycles. The lowest BCUT2D eigenvalue weighted by Crippen LogP contribution is -2.31. The first-order chi connectivity index (χ1) is 7.18. The van der Waals surface area contributed by atoms with E-state index < -0.39 is 5.92 Å². The molecular weight excluding hydrogens is 192 g/mol. The Morgan fingerprint density at radius 2 is 1.47 bits per heavy atom. The number of rotatable bonds is 1. The van der Waals surface area contributed by atoms with Crippen LogP contribution in [0.3, 0.4) is 0 Å². The highest BCUT2D eigenvalue weighted by Gasteiger charge is 2.33. The Labute approximate surface area is 88.5 Å². The predicted octanol–water partition coefficient (Wildman–Crippen LogP) is 1.60. The lowest BCUT2D eigenvalue weighted by molar-refractivity contribution is -0.133. The average Bonchev–Trinajstić information content (AvgIpc) is 2.17. The second-order valence-electron chi connectivity index (χ2n) is 4.26. The molecule has 0 aromatic rings. The molecular formula is C12H14O3. The molecule has 0 bridgehead atoms. The first kappa shape index (κ1) is 10.3. The molecule has 0 N–H and O–H groups in total. The first-order valence-electron chi connectivity index (χ1n) is 5.47. The Hall–Kier alpha value is -1.25. The highest BCUT2D eigenvalue weighted by atomic mass is 16.2. The van der Waals surface area contributed by atoms with Crippen LogP contribution in [0.15, 0.2) is 11.6 Å². The zero-order chi connectivity index (χ0) is 10.8. The largest absolute Gasteiger partial charge is 0.299 e. The van der Waals surface area contributed by atoms with Crippen LogP contribution in [0, 0.1) is 5.92 Å². The first-order valence-corrected chi connectivity index (χ1v) is 5.47. The number of ketones is 3. The quantitative estimate of drug-likeness (QED) is 0.612. The fourth-order valence-corrected chi connectivity index (χ4v) is 2.36. The minimum atomic E-state index is -0.581. The van der Waals surface area contributed by atoms with Crippen LogP contribution in [0.2, 0.25) is 0 Å². The average molecular weight is 206 g/mol. The zero-order valence-corrected chi connectivity index (χ0v) is 8.62. The van der Waals surface area contributed by atoms with Crippen molar-refractivity contribution in [1.82, 2.24) is 0 Å². The Kier molecular flexibility index (Phi) is 2.80. The van der Waals surface area contributed by atoms with Gasteiger partial charge in [-0.2, -0.15) is 0 Å². The number of allylic oxidation sites excluding steroid dienone is 2. The van der Waals surface area contributed by atoms with Gasteiger partial charge in [0.25, 0.3) is 0 Å². The van der Waals surface area contributed by atoms with E-state index in [4.69, 9.17) is 0 Å². The van der Waals surface area contributed by atoms with Gasteiger partial charge in [0.05, 0.1) is 5.92 Å². The third kappa shape index (κ3) is 2.06. The van der Waals surface area contributed by atoms with E-state index in [-0.39, 0.29) is 17.3 Å². The van der Waals surface area contributed by atoms with Gasteiger partial charge in [-0.05, 0) is 30.9 Å². The van der Waals surface area contributed by atoms with Crippen molar-refractivity contribution in [3.05, 3.63) is 11.6 Å². The van der Waals surface area contributed by atoms with Crippen LogP contribution in [-0.4, -0.2) is 17.3 Å². The minimum absolute atomic E-state index is 0.00667. The monoisotopic (exact) mass is 206 g/mol. The van der Waals surface area contributed by atoms with Gasteiger partial charge < -0.3 is 0 Å². The van der Waals surface area contributed by atoms with Crippen LogP contribution < -0.4 is 0 Å². The molecule has 3 nitrogen and oxygen atoms in total. The lowest BCUT2D eigenvalue weighted by atomic mass is 9.78. The Bertz CT molecular complexity index is 336. The van der Waals surface area contributed by atoms with Crippen LogP contribution >= 0.6 is 0 Å². The normalized spacial score (nSPS) is 24.3. The summed E-state index contributed by atoms with van der Waals surface area (Å²) >= 11 is 0. The van der Waals surface area contributed by atoms with Crippen molar-refractivity contribution in [2.75, 3.05) is 0 Å². The topological polar surface area (TPSA) is 51.2 Å². The van der Waals surface area contributed by atoms with Gasteiger partial charge in [0, 0.05) is 19.3 Å². The van der Waals surface area contributed by atoms with Gasteiger partial charge in [0.15, 0.2) is 5.78 Å². The standard InChI is InChI=1S/C12H14O3/c13-9-4-1-3-8(7-9)12-10(14)5-2-6-11(12)15/h7,12H,1-6H2. The summed E-state index contributed by atoms with van der Waals surface area (Å²) in [6.45, 7) is 0. The second kappa shape index (κ2) is 4.09. The number of hydrogen-bond acceptors (Lipinski definition) is 3. The maximum absolute atomic E-state index is 11.6. The molecule has 2 rings (SSSR count). The van der Waals surface area contributed by atoms with Crippen LogP contribution in [0.1, 0.15) is 38.5 Å². The molecule has 3 heteroatoms. The maximum atomic E-state index is 11.6. The smallest absolute Gasteiger partial charge is 0.155 e. The van der Waals surface area contributed by atoms with Crippen LogP contribution in [-0.2, 0) is 14.4 Å². The van der Waals surface area contributed by atoms with E-state index in [9.17, 15) is 14.4 Å². The molecule has 0 unspecified atom stereocenters. The number of carbonyl (C=O) groups is 3. The van der Waals surface area contributed by atoms with Crippen molar-refractivity contribution in [1.29, 1.82) is 0 Å². The van der Waals surface area contributed by atoms with Gasteiger partial charge in [-0.1, -0.05) is 0 Å². The molecule has 0 radical (unpaired) electrons. The van der Waals surface area contributed by atoms with Crippen LogP contribution in [0.5, 0.6) is 0 Å². The molecule has 0 atom stereocenters. The summed E-state index contributed by atoms with van der Waals surface area (Å²) in [7, 11) is 0. The molecule has 0 spiro atoms. The molecule has 0 amide bonds. The van der Waals surface area contributed by atoms with Gasteiger partial charge in [-0.15, -0.1) is 0 Å². The minimum Gasteiger partial charge on any atom is -0.299 e. The summed E-state index contributed by atoms with van der Waals surface area (Å²) in [5.74, 6) is -0.509. The van der Waals surface area contributed by atoms with E-state index in [1.54, 1.807) is 0 Å². The zero-order valence-electron chi connectivity index (χ0n) is 8.62. The predicted molar refractivity (Wildman–Crippen MR) is 54.3 cm³/mol. The van der Waals surface area contributed by atoms with Crippen molar-refractivity contribution in [2.24, 2.45) is 5.92 Å². The third-order valence-electron chi connectivity index (χ3n) is 3.10. The summed E-state index contributed by atoms with van der Waals surface area (Å²) in [5.41, 5.74) is 0.765. The summed E-state index contributed by atoms with van der Waals surface area (Å²) < 4.78 is 0. The molecule has 15 heavy (non-hydrogen) atoms. The van der Waals surface area contributed by atoms with E-state index in [1.165, 1.54) is 6.08 Å². The molecule has 0 aromatic heterocycles. The maximum Gasteiger partial charge on any atom is 0.155 e. The molecule has 1 saturated carbocycles. The molecule has 1 fully saturated rings. The Morgan fingerprint density at radius 1 is 0.867 bits per heavy atom. The van der Waals surface area contributed by atoms with Gasteiger partial charge in [-0.3, -0.25) is 14.4 Å². The molecule has 2 aliphatic carbocycles. The fraction of sp³-hybridized carbons (Fsp3) is 0.583. The van der Waals surface area contributed by atoms with Gasteiger partial charge in [-0.25, -0.2) is 0 Å². The molecule has 2 aliphatic rings. The van der Waals surface area contributed by atoms with Crippen LogP contribution in [0.4, 0.5) is 0 Å². The van der Waals surface area contributed by atoms with E-state index in [0.29, 0.717) is 25.7 Å². The van der Waals surface area contributed by atoms with Crippen LogP contribution in [0.25, 0.3) is 0 Å². The van der Waals surface area contributed by atoms with Crippen molar-refractivity contribution < 1.29 is 14.4 Å². The van der Waals surface area contributed by atoms with E-state index in [1.807, 2.05) is 0 Å². The Balaban J connectivity index is 2.24. The van der Waals surface area contributed by atoms with E-state index >= 15 is 0 Å². The van der Waals surface area contributed by atoms with E-state index in [0.717, 1.165) is 18.4 Å². The summed E-state index contributed by atoms with van der Waals surface area (Å²) in [5, 5.41) is 0. The lowest BCUT2D eigenvalue weighted by Gasteiger charge is -2.23. The van der Waals surface area contributed by atoms with Crippen molar-refractivity contribution in [3.8, 4) is 0 Å². The molecule has 0 aliphatic heterocycles. The number of Topliss-reactive ketones (excluding diaryl/α,β-unsaturated/α-hetero) is 2. The second-order valence-corrected chi connectivity index (χ2v) is 4.26. The summed E-state index contributed by atoms with van der Waals surface area (Å²) in [4.78, 5) is 34.5. The van der Waals surface area contributed by atoms with Gasteiger partial charge in [0.2, 0.25) is 0 Å². The number of carbonyl (C=O) groups excluding carboxylic acids is 3. The van der Waals surface area contributed by atoms with Gasteiger partial charge >= 0.3 is 0 Å². The summed E-state index contributed by atoms with van der Waals surface area (Å²) in [6, 6.07) is 0. The van der Waals surface area contributed by atoms with Crippen molar-refractivity contribution in [3.63, 3.8) is 0 Å². The SMILES string of the molecule is O=C1C=C(C2C(=O)CCCC2=O)CCC1. The molecule has 0 heterocycles. The highest BCUT2D eigenvalue weighted by molar-refractivity contribution is 6.08. The third-order valence-corrected chi connectivity index (χ3v) is 3.10. The summed E-state index contributed by atoms with van der Waals surface area (Å²) in [6.07, 6.45) is 5.24. The van der Waals surface area contributed by atoms with Gasteiger partial charge in [0.1, 0.15) is 11.6 Å². The highest BCUT2D eigenvalue weighted by Crippen LogP contribution is 2.29. The number of hydrogen-bond donors (Lipinski definition) is 0. The Morgan fingerprint density at radius 3 is 2.07 bits per heavy atom. The fourth-order valence-electron chi connectivity index (χ4n) is 2.36. The van der Waals surface area contributed by atoms with Crippen molar-refractivity contribution >= 4 is 17.3 Å². The van der Waals surface area contributed by atoms with E-state index in [2.05, 4.69) is 0 Å². The molecule has 0 aromatic carbocycles. The molecule has 80 valence electrons.